The van der Waals surface area contributed by atoms with Crippen LogP contribution in [-0.2, 0) is 9.63 Å². The van der Waals surface area contributed by atoms with Gasteiger partial charge in [0.2, 0.25) is 0 Å². The van der Waals surface area contributed by atoms with Crippen LogP contribution in [0.15, 0.2) is 0 Å². The van der Waals surface area contributed by atoms with Crippen molar-refractivity contribution in [3.8, 4) is 0 Å². The van der Waals surface area contributed by atoms with Gasteiger partial charge in [0.15, 0.2) is 0 Å². The molecule has 6 fully saturated rings. The molecule has 0 saturated heterocycles. The van der Waals surface area contributed by atoms with Gasteiger partial charge in [-0.3, -0.25) is 4.79 Å². The highest BCUT2D eigenvalue weighted by atomic mass is 16.6. The van der Waals surface area contributed by atoms with Crippen molar-refractivity contribution in [2.45, 2.75) is 71.8 Å². The van der Waals surface area contributed by atoms with Crippen molar-refractivity contribution in [2.24, 2.45) is 63.6 Å². The van der Waals surface area contributed by atoms with Gasteiger partial charge in [-0.15, -0.1) is 0 Å². The highest BCUT2D eigenvalue weighted by Crippen LogP contribution is 2.98. The molecule has 6 saturated carbocycles. The zero-order valence-electron chi connectivity index (χ0n) is 16.0. The molecule has 3 nitrogen and oxygen atoms in total. The van der Waals surface area contributed by atoms with Gasteiger partial charge >= 0.3 is 0 Å². The summed E-state index contributed by atoms with van der Waals surface area (Å²) in [5.41, 5.74) is 1.44. The van der Waals surface area contributed by atoms with Gasteiger partial charge in [0.05, 0.1) is 6.10 Å². The van der Waals surface area contributed by atoms with Crippen LogP contribution in [0.1, 0.15) is 65.7 Å². The maximum atomic E-state index is 12.3. The smallest absolute Gasteiger partial charge is 0.133 e. The molecule has 0 aromatic carbocycles. The van der Waals surface area contributed by atoms with Crippen LogP contribution in [0.3, 0.4) is 0 Å². The lowest BCUT2D eigenvalue weighted by atomic mass is 9.44. The number of hydrogen-bond acceptors (Lipinski definition) is 3. The Hall–Kier alpha value is -0.410. The van der Waals surface area contributed by atoms with Gasteiger partial charge < -0.3 is 4.84 Å². The summed E-state index contributed by atoms with van der Waals surface area (Å²) in [4.78, 5) is 17.7. The molecule has 3 heteroatoms. The molecule has 0 amide bonds. The summed E-state index contributed by atoms with van der Waals surface area (Å²) >= 11 is 0. The lowest BCUT2D eigenvalue weighted by Gasteiger charge is -2.60. The van der Waals surface area contributed by atoms with Gasteiger partial charge in [-0.2, -0.15) is 0 Å². The Kier molecular flexibility index (Phi) is 2.72. The highest BCUT2D eigenvalue weighted by molar-refractivity contribution is 5.79. The van der Waals surface area contributed by atoms with E-state index < -0.39 is 0 Å². The molecule has 0 radical (unpaired) electrons. The molecule has 6 aliphatic carbocycles. The number of hydrogen-bond donors (Lipinski definition) is 1. The van der Waals surface area contributed by atoms with Crippen LogP contribution in [0, 0.1) is 57.7 Å². The molecule has 0 heterocycles. The zero-order valence-corrected chi connectivity index (χ0v) is 16.0. The lowest BCUT2D eigenvalue weighted by molar-refractivity contribution is -0.149. The first-order valence-electron chi connectivity index (χ1n) is 10.8. The summed E-state index contributed by atoms with van der Waals surface area (Å²) in [5.74, 6) is 11.7. The standard InChI is InChI=1S/C22H33NO2/c1-11(24)13-4-5-14-12-10-16-18-19-17(25-23)7-9-21(3,22(16,18)19)15(12)6-8-20(13,14)2/h12-19H,4-10,23H2,1-3H3/t12?,13?,14?,15?,16?,17?,18?,19?,20?,21?,22-/m0/s1. The van der Waals surface area contributed by atoms with Crippen LogP contribution in [0.25, 0.3) is 0 Å². The van der Waals surface area contributed by atoms with Crippen molar-refractivity contribution in [2.75, 3.05) is 0 Å². The molecule has 6 rings (SSSR count). The van der Waals surface area contributed by atoms with Gasteiger partial charge in [-0.25, -0.2) is 5.90 Å². The van der Waals surface area contributed by atoms with E-state index in [0.29, 0.717) is 34.1 Å². The zero-order chi connectivity index (χ0) is 17.4. The number of carbonyl (C=O) groups is 1. The Morgan fingerprint density at radius 1 is 1.00 bits per heavy atom. The first kappa shape index (κ1) is 15.6. The summed E-state index contributed by atoms with van der Waals surface area (Å²) in [6, 6.07) is 0. The predicted molar refractivity (Wildman–Crippen MR) is 95.1 cm³/mol. The lowest BCUT2D eigenvalue weighted by Crippen LogP contribution is -2.56. The molecule has 0 aliphatic heterocycles. The van der Waals surface area contributed by atoms with Gasteiger partial charge in [0.1, 0.15) is 5.78 Å². The maximum absolute atomic E-state index is 12.3. The highest BCUT2D eigenvalue weighted by Gasteiger charge is 2.95. The van der Waals surface area contributed by atoms with Gasteiger partial charge in [0.25, 0.3) is 0 Å². The molecule has 0 aromatic heterocycles. The van der Waals surface area contributed by atoms with Gasteiger partial charge in [-0.1, -0.05) is 13.8 Å². The Labute approximate surface area is 151 Å². The number of nitrogens with two attached hydrogens (primary N) is 1. The van der Waals surface area contributed by atoms with E-state index in [1.54, 1.807) is 0 Å². The molecule has 0 bridgehead atoms. The average Bonchev–Trinajstić information content (AvgIpc) is 3.40. The van der Waals surface area contributed by atoms with E-state index in [9.17, 15) is 4.79 Å². The van der Waals surface area contributed by atoms with E-state index in [0.717, 1.165) is 41.9 Å². The molecule has 0 aromatic rings. The van der Waals surface area contributed by atoms with Crippen LogP contribution < -0.4 is 5.90 Å². The van der Waals surface area contributed by atoms with Gasteiger partial charge in [0, 0.05) is 5.92 Å². The minimum atomic E-state index is 0.296. The maximum Gasteiger partial charge on any atom is 0.133 e. The quantitative estimate of drug-likeness (QED) is 0.772. The second-order valence-electron chi connectivity index (χ2n) is 11.1. The van der Waals surface area contributed by atoms with Crippen molar-refractivity contribution in [1.82, 2.24) is 0 Å². The molecule has 25 heavy (non-hydrogen) atoms. The fourth-order valence-corrected chi connectivity index (χ4v) is 10.3. The minimum absolute atomic E-state index is 0.296. The van der Waals surface area contributed by atoms with Crippen molar-refractivity contribution >= 4 is 5.78 Å². The first-order valence-corrected chi connectivity index (χ1v) is 10.8. The summed E-state index contributed by atoms with van der Waals surface area (Å²) in [7, 11) is 0. The third-order valence-corrected chi connectivity index (χ3v) is 11.1. The van der Waals surface area contributed by atoms with Crippen LogP contribution in [0.4, 0.5) is 0 Å². The molecule has 2 N–H and O–H groups in total. The average molecular weight is 344 g/mol. The number of fused-ring (bicyclic) bond motifs is 6. The third kappa shape index (κ3) is 1.43. The fraction of sp³-hybridized carbons (Fsp3) is 0.955. The van der Waals surface area contributed by atoms with E-state index in [2.05, 4.69) is 13.8 Å². The van der Waals surface area contributed by atoms with Crippen LogP contribution in [0.5, 0.6) is 0 Å². The topological polar surface area (TPSA) is 52.3 Å². The molecule has 6 aliphatic rings. The van der Waals surface area contributed by atoms with Gasteiger partial charge in [-0.05, 0) is 104 Å². The van der Waals surface area contributed by atoms with E-state index in [1.807, 2.05) is 6.92 Å². The summed E-state index contributed by atoms with van der Waals surface area (Å²) in [6.45, 7) is 6.95. The molecule has 10 unspecified atom stereocenters. The van der Waals surface area contributed by atoms with Crippen molar-refractivity contribution in [3.05, 3.63) is 0 Å². The van der Waals surface area contributed by atoms with E-state index in [4.69, 9.17) is 10.7 Å². The number of rotatable bonds is 2. The van der Waals surface area contributed by atoms with E-state index >= 15 is 0 Å². The molecule has 138 valence electrons. The molecule has 11 atom stereocenters. The summed E-state index contributed by atoms with van der Waals surface area (Å²) in [5, 5.41) is 0. The minimum Gasteiger partial charge on any atom is -0.301 e. The third-order valence-electron chi connectivity index (χ3n) is 11.1. The predicted octanol–water partition coefficient (Wildman–Crippen LogP) is 3.96. The van der Waals surface area contributed by atoms with Crippen molar-refractivity contribution in [3.63, 3.8) is 0 Å². The summed E-state index contributed by atoms with van der Waals surface area (Å²) in [6.07, 6.45) is 9.38. The van der Waals surface area contributed by atoms with Crippen LogP contribution >= 0.6 is 0 Å². The number of ketones is 1. The Balaban J connectivity index is 1.35. The fourth-order valence-electron chi connectivity index (χ4n) is 10.3. The molecular formula is C22H33NO2. The second-order valence-corrected chi connectivity index (χ2v) is 11.1. The Bertz CT molecular complexity index is 662. The Morgan fingerprint density at radius 3 is 2.52 bits per heavy atom. The molecule has 1 spiro atoms. The largest absolute Gasteiger partial charge is 0.301 e. The first-order chi connectivity index (χ1) is 11.9. The monoisotopic (exact) mass is 343 g/mol. The molecular weight excluding hydrogens is 310 g/mol. The number of Topliss-reactive ketones (excluding diaryl/α,β-unsaturated/α-hetero) is 1. The Morgan fingerprint density at radius 2 is 1.80 bits per heavy atom. The SMILES string of the molecule is CC(=O)C1CCC2C3CC4C5C6C(ON)CCC(C)(C3CCC12C)[C@]465. The van der Waals surface area contributed by atoms with Crippen LogP contribution in [0.2, 0.25) is 0 Å². The number of carbonyl (C=O) groups excluding carboxylic acids is 1. The van der Waals surface area contributed by atoms with E-state index in [-0.39, 0.29) is 0 Å². The normalized spacial score (nSPS) is 66.1. The van der Waals surface area contributed by atoms with Crippen molar-refractivity contribution < 1.29 is 9.63 Å². The summed E-state index contributed by atoms with van der Waals surface area (Å²) < 4.78 is 0. The van der Waals surface area contributed by atoms with E-state index in [1.165, 1.54) is 38.5 Å². The van der Waals surface area contributed by atoms with Crippen LogP contribution in [-0.4, -0.2) is 11.9 Å². The second kappa shape index (κ2) is 4.35. The van der Waals surface area contributed by atoms with Crippen molar-refractivity contribution in [1.29, 1.82) is 0 Å².